The minimum Gasteiger partial charge on any atom is -0.461 e. The molecule has 0 aliphatic heterocycles. The van der Waals surface area contributed by atoms with E-state index >= 15 is 0 Å². The number of benzene rings is 2. The summed E-state index contributed by atoms with van der Waals surface area (Å²) in [4.78, 5) is 36.1. The topological polar surface area (TPSA) is 108 Å². The summed E-state index contributed by atoms with van der Waals surface area (Å²) in [6, 6.07) is 16.7. The van der Waals surface area contributed by atoms with Gasteiger partial charge in [-0.3, -0.25) is 14.4 Å². The van der Waals surface area contributed by atoms with Crippen molar-refractivity contribution in [2.45, 2.75) is 25.2 Å². The third-order valence-electron chi connectivity index (χ3n) is 3.85. The average Bonchev–Trinajstić information content (AvgIpc) is 2.68. The van der Waals surface area contributed by atoms with E-state index in [4.69, 9.17) is 15.2 Å². The van der Waals surface area contributed by atoms with Crippen molar-refractivity contribution >= 4 is 17.8 Å². The van der Waals surface area contributed by atoms with Crippen molar-refractivity contribution in [3.63, 3.8) is 0 Å². The second-order valence-corrected chi connectivity index (χ2v) is 5.84. The predicted octanol–water partition coefficient (Wildman–Crippen LogP) is 1.48. The number of amides is 2. The molecule has 3 N–H and O–H groups in total. The van der Waals surface area contributed by atoms with Gasteiger partial charge in [0.25, 0.3) is 5.91 Å². The summed E-state index contributed by atoms with van der Waals surface area (Å²) in [6.45, 7) is 0.0732. The van der Waals surface area contributed by atoms with Crippen LogP contribution in [0.2, 0.25) is 0 Å². The van der Waals surface area contributed by atoms with Gasteiger partial charge in [-0.15, -0.1) is 0 Å². The van der Waals surface area contributed by atoms with Crippen LogP contribution >= 0.6 is 0 Å². The van der Waals surface area contributed by atoms with Crippen molar-refractivity contribution in [3.8, 4) is 0 Å². The van der Waals surface area contributed by atoms with Gasteiger partial charge in [0, 0.05) is 7.11 Å². The molecular formula is C20H22N2O5. The molecule has 0 saturated heterocycles. The van der Waals surface area contributed by atoms with Crippen molar-refractivity contribution in [2.75, 3.05) is 7.11 Å². The number of hydrogen-bond acceptors (Lipinski definition) is 5. The minimum atomic E-state index is -1.19. The fraction of sp³-hybridized carbons (Fsp3) is 0.250. The molecule has 7 nitrogen and oxygen atoms in total. The highest BCUT2D eigenvalue weighted by molar-refractivity contribution is 5.91. The van der Waals surface area contributed by atoms with Crippen LogP contribution in [0.3, 0.4) is 0 Å². The highest BCUT2D eigenvalue weighted by Gasteiger charge is 2.27. The average molecular weight is 370 g/mol. The first-order valence-corrected chi connectivity index (χ1v) is 8.38. The fourth-order valence-electron chi connectivity index (χ4n) is 2.46. The fourth-order valence-corrected chi connectivity index (χ4v) is 2.46. The van der Waals surface area contributed by atoms with E-state index in [-0.39, 0.29) is 13.0 Å². The normalized spacial score (nSPS) is 12.6. The monoisotopic (exact) mass is 370 g/mol. The first-order valence-electron chi connectivity index (χ1n) is 8.38. The Balaban J connectivity index is 1.94. The van der Waals surface area contributed by atoms with Crippen LogP contribution in [0.1, 0.15) is 23.7 Å². The third-order valence-corrected chi connectivity index (χ3v) is 3.85. The maximum absolute atomic E-state index is 12.5. The van der Waals surface area contributed by atoms with E-state index in [1.807, 2.05) is 36.4 Å². The second-order valence-electron chi connectivity index (χ2n) is 5.84. The zero-order chi connectivity index (χ0) is 19.6. The number of carbonyl (C=O) groups is 3. The Bertz CT molecular complexity index is 764. The zero-order valence-corrected chi connectivity index (χ0v) is 15.0. The van der Waals surface area contributed by atoms with Gasteiger partial charge in [0.05, 0.1) is 6.42 Å². The lowest BCUT2D eigenvalue weighted by Gasteiger charge is -2.20. The number of ether oxygens (including phenoxy) is 2. The van der Waals surface area contributed by atoms with Crippen molar-refractivity contribution in [1.82, 2.24) is 5.32 Å². The molecule has 0 radical (unpaired) electrons. The van der Waals surface area contributed by atoms with Gasteiger partial charge in [-0.25, -0.2) is 0 Å². The second kappa shape index (κ2) is 10.1. The lowest BCUT2D eigenvalue weighted by Crippen LogP contribution is -2.47. The summed E-state index contributed by atoms with van der Waals surface area (Å²) >= 11 is 0. The summed E-state index contributed by atoms with van der Waals surface area (Å²) in [7, 11) is 1.38. The highest BCUT2D eigenvalue weighted by Crippen LogP contribution is 2.16. The van der Waals surface area contributed by atoms with Gasteiger partial charge in [-0.2, -0.15) is 0 Å². The van der Waals surface area contributed by atoms with Crippen molar-refractivity contribution < 1.29 is 23.9 Å². The number of esters is 1. The summed E-state index contributed by atoms with van der Waals surface area (Å²) in [6.07, 6.45) is -1.28. The zero-order valence-electron chi connectivity index (χ0n) is 15.0. The molecule has 0 spiro atoms. The van der Waals surface area contributed by atoms with E-state index < -0.39 is 29.9 Å². The minimum absolute atomic E-state index is 0.0732. The molecule has 27 heavy (non-hydrogen) atoms. The standard InChI is InChI=1S/C20H22N2O5/c1-26-18(15-10-6-3-7-11-15)20(25)22-16(19(21)24)12-17(23)27-13-14-8-4-2-5-9-14/h2-11,16,18H,12-13H2,1H3,(H2,21,24)(H,22,25)/t16-,18+/m0/s1. The molecule has 2 amide bonds. The van der Waals surface area contributed by atoms with Gasteiger partial charge in [0.15, 0.2) is 6.10 Å². The molecular weight excluding hydrogens is 348 g/mol. The molecule has 0 heterocycles. The van der Waals surface area contributed by atoms with Crippen LogP contribution in [0.5, 0.6) is 0 Å². The number of carbonyl (C=O) groups excluding carboxylic acids is 3. The summed E-state index contributed by atoms with van der Waals surface area (Å²) in [5.74, 6) is -2.04. The van der Waals surface area contributed by atoms with Crippen molar-refractivity contribution in [2.24, 2.45) is 5.73 Å². The molecule has 0 bridgehead atoms. The molecule has 142 valence electrons. The number of hydrogen-bond donors (Lipinski definition) is 2. The quantitative estimate of drug-likeness (QED) is 0.650. The third kappa shape index (κ3) is 6.23. The Hall–Kier alpha value is -3.19. The summed E-state index contributed by atoms with van der Waals surface area (Å²) < 4.78 is 10.3. The smallest absolute Gasteiger partial charge is 0.308 e. The molecule has 0 unspecified atom stereocenters. The summed E-state index contributed by atoms with van der Waals surface area (Å²) in [5, 5.41) is 2.46. The van der Waals surface area contributed by atoms with Crippen LogP contribution in [0.4, 0.5) is 0 Å². The first-order chi connectivity index (χ1) is 13.0. The molecule has 0 saturated carbocycles. The Kier molecular flexibility index (Phi) is 7.51. The van der Waals surface area contributed by atoms with Crippen LogP contribution in [0, 0.1) is 0 Å². The summed E-state index contributed by atoms with van der Waals surface area (Å²) in [5.41, 5.74) is 6.75. The van der Waals surface area contributed by atoms with Gasteiger partial charge in [0.1, 0.15) is 12.6 Å². The Morgan fingerprint density at radius 1 is 1.00 bits per heavy atom. The van der Waals surface area contributed by atoms with Crippen LogP contribution < -0.4 is 11.1 Å². The molecule has 0 aliphatic rings. The van der Waals surface area contributed by atoms with Crippen LogP contribution in [-0.2, 0) is 30.5 Å². The molecule has 2 aromatic rings. The lowest BCUT2D eigenvalue weighted by atomic mass is 10.1. The van der Waals surface area contributed by atoms with Gasteiger partial charge < -0.3 is 20.5 Å². The molecule has 0 fully saturated rings. The molecule has 2 aromatic carbocycles. The van der Waals surface area contributed by atoms with E-state index in [9.17, 15) is 14.4 Å². The Morgan fingerprint density at radius 3 is 2.15 bits per heavy atom. The van der Waals surface area contributed by atoms with Gasteiger partial charge in [-0.05, 0) is 11.1 Å². The van der Waals surface area contributed by atoms with Crippen molar-refractivity contribution in [1.29, 1.82) is 0 Å². The molecule has 0 aliphatic carbocycles. The van der Waals surface area contributed by atoms with Gasteiger partial charge in [0.2, 0.25) is 5.91 Å². The largest absolute Gasteiger partial charge is 0.461 e. The SMILES string of the molecule is CO[C@@H](C(=O)N[C@@H](CC(=O)OCc1ccccc1)C(N)=O)c1ccccc1. The Labute approximate surface area is 157 Å². The molecule has 2 rings (SSSR count). The molecule has 2 atom stereocenters. The number of nitrogens with one attached hydrogen (secondary N) is 1. The first kappa shape index (κ1) is 20.1. The molecule has 0 aromatic heterocycles. The van der Waals surface area contributed by atoms with Crippen molar-refractivity contribution in [3.05, 3.63) is 71.8 Å². The number of methoxy groups -OCH3 is 1. The van der Waals surface area contributed by atoms with Crippen LogP contribution in [0.15, 0.2) is 60.7 Å². The Morgan fingerprint density at radius 2 is 1.59 bits per heavy atom. The molecule has 7 heteroatoms. The van der Waals surface area contributed by atoms with Crippen LogP contribution in [-0.4, -0.2) is 30.9 Å². The van der Waals surface area contributed by atoms with Gasteiger partial charge in [-0.1, -0.05) is 60.7 Å². The van der Waals surface area contributed by atoms with E-state index in [0.29, 0.717) is 5.56 Å². The van der Waals surface area contributed by atoms with E-state index in [1.54, 1.807) is 24.3 Å². The van der Waals surface area contributed by atoms with E-state index in [2.05, 4.69) is 5.32 Å². The highest BCUT2D eigenvalue weighted by atomic mass is 16.5. The van der Waals surface area contributed by atoms with Gasteiger partial charge >= 0.3 is 5.97 Å². The van der Waals surface area contributed by atoms with Crippen LogP contribution in [0.25, 0.3) is 0 Å². The lowest BCUT2D eigenvalue weighted by molar-refractivity contribution is -0.147. The maximum Gasteiger partial charge on any atom is 0.308 e. The predicted molar refractivity (Wildman–Crippen MR) is 98.2 cm³/mol. The van der Waals surface area contributed by atoms with E-state index in [0.717, 1.165) is 5.56 Å². The number of rotatable bonds is 9. The van der Waals surface area contributed by atoms with E-state index in [1.165, 1.54) is 7.11 Å². The number of primary amides is 1. The number of nitrogens with two attached hydrogens (primary N) is 1. The maximum atomic E-state index is 12.5.